The van der Waals surface area contributed by atoms with Crippen LogP contribution >= 0.6 is 0 Å². The molecule has 108 valence electrons. The molecule has 0 saturated heterocycles. The normalized spacial score (nSPS) is 13.9. The lowest BCUT2D eigenvalue weighted by Gasteiger charge is -2.22. The van der Waals surface area contributed by atoms with Gasteiger partial charge >= 0.3 is 5.97 Å². The Bertz CT molecular complexity index is 528. The van der Waals surface area contributed by atoms with Gasteiger partial charge < -0.3 is 14.7 Å². The molecule has 0 unspecified atom stereocenters. The van der Waals surface area contributed by atoms with Crippen LogP contribution in [0, 0.1) is 5.82 Å². The summed E-state index contributed by atoms with van der Waals surface area (Å²) in [6.45, 7) is 0.0797. The third-order valence-corrected chi connectivity index (χ3v) is 3.22. The first-order valence-corrected chi connectivity index (χ1v) is 6.40. The van der Waals surface area contributed by atoms with Crippen molar-refractivity contribution in [1.82, 2.24) is 4.90 Å². The number of carbonyl (C=O) groups is 2. The number of halogens is 1. The van der Waals surface area contributed by atoms with Gasteiger partial charge in [0.25, 0.3) is 5.91 Å². The molecule has 0 aliphatic heterocycles. The SMILES string of the molecule is COc1cccc(F)c1C(=O)N(CCC(=O)O)C1CC1. The van der Waals surface area contributed by atoms with Crippen LogP contribution in [0.5, 0.6) is 5.75 Å². The number of aliphatic carboxylic acids is 1. The zero-order chi connectivity index (χ0) is 14.7. The summed E-state index contributed by atoms with van der Waals surface area (Å²) in [5.41, 5.74) is -0.132. The van der Waals surface area contributed by atoms with E-state index in [1.807, 2.05) is 0 Å². The number of ether oxygens (including phenoxy) is 1. The van der Waals surface area contributed by atoms with Crippen molar-refractivity contribution in [3.05, 3.63) is 29.6 Å². The smallest absolute Gasteiger partial charge is 0.305 e. The van der Waals surface area contributed by atoms with E-state index in [-0.39, 0.29) is 30.3 Å². The minimum Gasteiger partial charge on any atom is -0.496 e. The van der Waals surface area contributed by atoms with E-state index in [2.05, 4.69) is 0 Å². The van der Waals surface area contributed by atoms with Crippen molar-refractivity contribution in [3.63, 3.8) is 0 Å². The van der Waals surface area contributed by atoms with E-state index in [1.165, 1.54) is 30.2 Å². The Morgan fingerprint density at radius 1 is 1.45 bits per heavy atom. The second kappa shape index (κ2) is 5.90. The van der Waals surface area contributed by atoms with Crippen molar-refractivity contribution >= 4 is 11.9 Å². The number of hydrogen-bond acceptors (Lipinski definition) is 3. The fourth-order valence-corrected chi connectivity index (χ4v) is 2.08. The summed E-state index contributed by atoms with van der Waals surface area (Å²) in [5, 5.41) is 8.74. The summed E-state index contributed by atoms with van der Waals surface area (Å²) in [6.07, 6.45) is 1.49. The van der Waals surface area contributed by atoms with Crippen LogP contribution in [0.15, 0.2) is 18.2 Å². The number of hydrogen-bond donors (Lipinski definition) is 1. The second-order valence-corrected chi connectivity index (χ2v) is 4.69. The van der Waals surface area contributed by atoms with Gasteiger partial charge in [-0.3, -0.25) is 9.59 Å². The van der Waals surface area contributed by atoms with Gasteiger partial charge in [-0.1, -0.05) is 6.07 Å². The van der Waals surface area contributed by atoms with E-state index < -0.39 is 17.7 Å². The Hall–Kier alpha value is -2.11. The Kier molecular flexibility index (Phi) is 4.22. The predicted octanol–water partition coefficient (Wildman–Crippen LogP) is 1.91. The molecule has 1 N–H and O–H groups in total. The molecule has 0 heterocycles. The number of amides is 1. The van der Waals surface area contributed by atoms with E-state index in [9.17, 15) is 14.0 Å². The summed E-state index contributed by atoms with van der Waals surface area (Å²) >= 11 is 0. The summed E-state index contributed by atoms with van der Waals surface area (Å²) < 4.78 is 18.9. The van der Waals surface area contributed by atoms with Crippen LogP contribution in [0.25, 0.3) is 0 Å². The molecule has 5 nitrogen and oxygen atoms in total. The van der Waals surface area contributed by atoms with Crippen molar-refractivity contribution in [2.24, 2.45) is 0 Å². The molecule has 1 amide bonds. The molecular formula is C14H16FNO4. The van der Waals surface area contributed by atoms with E-state index in [4.69, 9.17) is 9.84 Å². The van der Waals surface area contributed by atoms with Gasteiger partial charge in [0, 0.05) is 12.6 Å². The van der Waals surface area contributed by atoms with Gasteiger partial charge in [0.2, 0.25) is 0 Å². The lowest BCUT2D eigenvalue weighted by molar-refractivity contribution is -0.137. The number of rotatable bonds is 6. The molecular weight excluding hydrogens is 265 g/mol. The Morgan fingerprint density at radius 3 is 2.70 bits per heavy atom. The zero-order valence-electron chi connectivity index (χ0n) is 11.1. The molecule has 1 aliphatic carbocycles. The van der Waals surface area contributed by atoms with Gasteiger partial charge in [0.1, 0.15) is 17.1 Å². The molecule has 20 heavy (non-hydrogen) atoms. The minimum atomic E-state index is -0.982. The van der Waals surface area contributed by atoms with Crippen molar-refractivity contribution in [2.45, 2.75) is 25.3 Å². The monoisotopic (exact) mass is 281 g/mol. The average Bonchev–Trinajstić information content (AvgIpc) is 3.22. The molecule has 1 fully saturated rings. The fourth-order valence-electron chi connectivity index (χ4n) is 2.08. The molecule has 1 saturated carbocycles. The van der Waals surface area contributed by atoms with E-state index in [1.54, 1.807) is 0 Å². The van der Waals surface area contributed by atoms with E-state index in [0.717, 1.165) is 12.8 Å². The highest BCUT2D eigenvalue weighted by Crippen LogP contribution is 2.31. The Morgan fingerprint density at radius 2 is 2.15 bits per heavy atom. The first-order valence-electron chi connectivity index (χ1n) is 6.40. The van der Waals surface area contributed by atoms with Crippen LogP contribution in [-0.2, 0) is 4.79 Å². The van der Waals surface area contributed by atoms with Crippen molar-refractivity contribution < 1.29 is 23.8 Å². The van der Waals surface area contributed by atoms with E-state index in [0.29, 0.717) is 0 Å². The largest absolute Gasteiger partial charge is 0.496 e. The lowest BCUT2D eigenvalue weighted by atomic mass is 10.1. The standard InChI is InChI=1S/C14H16FNO4/c1-20-11-4-2-3-10(15)13(11)14(19)16(9-5-6-9)8-7-12(17)18/h2-4,9H,5-8H2,1H3,(H,17,18). The second-order valence-electron chi connectivity index (χ2n) is 4.69. The predicted molar refractivity (Wildman–Crippen MR) is 69.3 cm³/mol. The topological polar surface area (TPSA) is 66.8 Å². The highest BCUT2D eigenvalue weighted by atomic mass is 19.1. The lowest BCUT2D eigenvalue weighted by Crippen LogP contribution is -2.35. The Labute approximate surface area is 116 Å². The number of benzene rings is 1. The minimum absolute atomic E-state index is 0.00571. The highest BCUT2D eigenvalue weighted by Gasteiger charge is 2.35. The molecule has 0 aromatic heterocycles. The summed E-state index contributed by atoms with van der Waals surface area (Å²) in [4.78, 5) is 24.5. The van der Waals surface area contributed by atoms with Crippen molar-refractivity contribution in [2.75, 3.05) is 13.7 Å². The number of carbonyl (C=O) groups excluding carboxylic acids is 1. The molecule has 6 heteroatoms. The average molecular weight is 281 g/mol. The molecule has 0 atom stereocenters. The van der Waals surface area contributed by atoms with Crippen molar-refractivity contribution in [1.29, 1.82) is 0 Å². The van der Waals surface area contributed by atoms with Crippen LogP contribution < -0.4 is 4.74 Å². The molecule has 2 rings (SSSR count). The van der Waals surface area contributed by atoms with Gasteiger partial charge in [-0.25, -0.2) is 4.39 Å². The van der Waals surface area contributed by atoms with Gasteiger partial charge in [0.15, 0.2) is 0 Å². The van der Waals surface area contributed by atoms with Crippen LogP contribution in [0.2, 0.25) is 0 Å². The number of carboxylic acids is 1. The third-order valence-electron chi connectivity index (χ3n) is 3.22. The zero-order valence-corrected chi connectivity index (χ0v) is 11.1. The van der Waals surface area contributed by atoms with Crippen LogP contribution in [0.3, 0.4) is 0 Å². The first-order chi connectivity index (χ1) is 9.54. The summed E-state index contributed by atoms with van der Waals surface area (Å²) in [5.74, 6) is -1.99. The summed E-state index contributed by atoms with van der Waals surface area (Å²) in [7, 11) is 1.37. The van der Waals surface area contributed by atoms with Gasteiger partial charge in [-0.15, -0.1) is 0 Å². The van der Waals surface area contributed by atoms with Crippen LogP contribution in [0.1, 0.15) is 29.6 Å². The maximum absolute atomic E-state index is 13.9. The molecule has 0 radical (unpaired) electrons. The first kappa shape index (κ1) is 14.3. The molecule has 0 bridgehead atoms. The van der Waals surface area contributed by atoms with Crippen molar-refractivity contribution in [3.8, 4) is 5.75 Å². The van der Waals surface area contributed by atoms with Gasteiger partial charge in [-0.05, 0) is 25.0 Å². The summed E-state index contributed by atoms with van der Waals surface area (Å²) in [6, 6.07) is 4.17. The number of methoxy groups -OCH3 is 1. The maximum atomic E-state index is 13.9. The third kappa shape index (κ3) is 3.07. The molecule has 0 spiro atoms. The van der Waals surface area contributed by atoms with Crippen LogP contribution in [0.4, 0.5) is 4.39 Å². The van der Waals surface area contributed by atoms with Gasteiger partial charge in [-0.2, -0.15) is 0 Å². The van der Waals surface area contributed by atoms with Gasteiger partial charge in [0.05, 0.1) is 13.5 Å². The Balaban J connectivity index is 2.25. The number of nitrogens with zero attached hydrogens (tertiary/aromatic N) is 1. The quantitative estimate of drug-likeness (QED) is 0.865. The maximum Gasteiger partial charge on any atom is 0.305 e. The molecule has 1 aromatic carbocycles. The van der Waals surface area contributed by atoms with Crippen LogP contribution in [-0.4, -0.2) is 41.6 Å². The number of carboxylic acid groups (broad SMARTS) is 1. The molecule has 1 aromatic rings. The highest BCUT2D eigenvalue weighted by molar-refractivity contribution is 5.97. The van der Waals surface area contributed by atoms with E-state index >= 15 is 0 Å². The molecule has 1 aliphatic rings. The fraction of sp³-hybridized carbons (Fsp3) is 0.429.